The summed E-state index contributed by atoms with van der Waals surface area (Å²) in [4.78, 5) is 12.6. The average molecular weight is 463 g/mol. The van der Waals surface area contributed by atoms with Gasteiger partial charge in [-0.1, -0.05) is 65.8 Å². The van der Waals surface area contributed by atoms with Crippen LogP contribution in [0.1, 0.15) is 16.7 Å². The van der Waals surface area contributed by atoms with Crippen LogP contribution < -0.4 is 5.32 Å². The number of hydrogen-bond donors (Lipinski definition) is 1. The monoisotopic (exact) mass is 462 g/mol. The molecule has 4 rings (SSSR count). The predicted molar refractivity (Wildman–Crippen MR) is 132 cm³/mol. The van der Waals surface area contributed by atoms with E-state index < -0.39 is 0 Å². The minimum atomic E-state index is -0.0914. The van der Waals surface area contributed by atoms with Crippen LogP contribution in [-0.4, -0.2) is 26.4 Å². The molecule has 0 aliphatic heterocycles. The minimum Gasteiger partial charge on any atom is -0.325 e. The fourth-order valence-electron chi connectivity index (χ4n) is 3.30. The lowest BCUT2D eigenvalue weighted by molar-refractivity contribution is -0.113. The summed E-state index contributed by atoms with van der Waals surface area (Å²) in [5, 5.41) is 13.1. The van der Waals surface area contributed by atoms with Crippen LogP contribution in [0, 0.1) is 20.8 Å². The van der Waals surface area contributed by atoms with Gasteiger partial charge in [-0.25, -0.2) is 0 Å². The van der Waals surface area contributed by atoms with Gasteiger partial charge in [-0.3, -0.25) is 9.36 Å². The van der Waals surface area contributed by atoms with Crippen LogP contribution in [0.5, 0.6) is 0 Å². The molecule has 0 atom stereocenters. The highest BCUT2D eigenvalue weighted by molar-refractivity contribution is 7.99. The Balaban J connectivity index is 1.61. The zero-order chi connectivity index (χ0) is 22.7. The van der Waals surface area contributed by atoms with Crippen LogP contribution in [0.4, 0.5) is 5.69 Å². The number of benzene rings is 3. The van der Waals surface area contributed by atoms with Gasteiger partial charge < -0.3 is 5.32 Å². The molecular weight excluding hydrogens is 440 g/mol. The first-order valence-corrected chi connectivity index (χ1v) is 11.6. The third-order valence-electron chi connectivity index (χ3n) is 5.29. The molecule has 0 unspecified atom stereocenters. The molecule has 0 fully saturated rings. The molecular formula is C25H23ClN4OS. The van der Waals surface area contributed by atoms with Crippen LogP contribution in [0.2, 0.25) is 5.02 Å². The summed E-state index contributed by atoms with van der Waals surface area (Å²) in [6.45, 7) is 5.99. The fourth-order valence-corrected chi connectivity index (χ4v) is 4.23. The minimum absolute atomic E-state index is 0.0914. The van der Waals surface area contributed by atoms with E-state index in [0.717, 1.165) is 33.6 Å². The van der Waals surface area contributed by atoms with Crippen LogP contribution in [-0.2, 0) is 4.79 Å². The largest absolute Gasteiger partial charge is 0.325 e. The molecule has 5 nitrogen and oxygen atoms in total. The topological polar surface area (TPSA) is 59.8 Å². The van der Waals surface area contributed by atoms with E-state index in [1.165, 1.54) is 11.8 Å². The average Bonchev–Trinajstić information content (AvgIpc) is 3.22. The maximum absolute atomic E-state index is 12.6. The Morgan fingerprint density at radius 3 is 2.50 bits per heavy atom. The molecule has 7 heteroatoms. The number of carbonyl (C=O) groups excluding carboxylic acids is 1. The van der Waals surface area contributed by atoms with Crippen molar-refractivity contribution in [3.05, 3.63) is 88.4 Å². The standard InChI is InChI=1S/C25H23ClN4OS/c1-16-8-7-11-22(18(16)3)27-23(31)15-32-25-29-28-24(19-13-12-17(2)21(26)14-19)30(25)20-9-5-4-6-10-20/h4-14H,15H2,1-3H3,(H,27,31). The highest BCUT2D eigenvalue weighted by Crippen LogP contribution is 2.30. The molecule has 162 valence electrons. The van der Waals surface area contributed by atoms with E-state index in [2.05, 4.69) is 15.5 Å². The number of nitrogens with zero attached hydrogens (tertiary/aromatic N) is 3. The summed E-state index contributed by atoms with van der Waals surface area (Å²) in [6, 6.07) is 21.6. The van der Waals surface area contributed by atoms with Crippen molar-refractivity contribution in [1.82, 2.24) is 14.8 Å². The smallest absolute Gasteiger partial charge is 0.234 e. The van der Waals surface area contributed by atoms with Crippen LogP contribution in [0.3, 0.4) is 0 Å². The summed E-state index contributed by atoms with van der Waals surface area (Å²) in [5.74, 6) is 0.800. The van der Waals surface area contributed by atoms with Crippen molar-refractivity contribution in [2.75, 3.05) is 11.1 Å². The molecule has 1 aromatic heterocycles. The lowest BCUT2D eigenvalue weighted by Gasteiger charge is -2.12. The van der Waals surface area contributed by atoms with E-state index in [0.29, 0.717) is 16.0 Å². The summed E-state index contributed by atoms with van der Waals surface area (Å²) >= 11 is 7.70. The van der Waals surface area contributed by atoms with Crippen molar-refractivity contribution in [2.24, 2.45) is 0 Å². The molecule has 1 amide bonds. The van der Waals surface area contributed by atoms with Crippen molar-refractivity contribution in [3.63, 3.8) is 0 Å². The Hall–Kier alpha value is -3.09. The number of hydrogen-bond acceptors (Lipinski definition) is 4. The first kappa shape index (κ1) is 22.1. The quantitative estimate of drug-likeness (QED) is 0.344. The van der Waals surface area contributed by atoms with E-state index in [1.807, 2.05) is 92.1 Å². The maximum Gasteiger partial charge on any atom is 0.234 e. The Labute approximate surface area is 196 Å². The Bertz CT molecular complexity index is 1270. The maximum atomic E-state index is 12.6. The van der Waals surface area contributed by atoms with E-state index in [9.17, 15) is 4.79 Å². The van der Waals surface area contributed by atoms with Gasteiger partial charge in [0.1, 0.15) is 0 Å². The zero-order valence-corrected chi connectivity index (χ0v) is 19.7. The van der Waals surface area contributed by atoms with E-state index >= 15 is 0 Å². The van der Waals surface area contributed by atoms with E-state index in [1.54, 1.807) is 0 Å². The van der Waals surface area contributed by atoms with Crippen molar-refractivity contribution < 1.29 is 4.79 Å². The second-order valence-electron chi connectivity index (χ2n) is 7.53. The van der Waals surface area contributed by atoms with E-state index in [-0.39, 0.29) is 11.7 Å². The number of anilines is 1. The summed E-state index contributed by atoms with van der Waals surface area (Å²) in [7, 11) is 0. The van der Waals surface area contributed by atoms with Gasteiger partial charge in [0.2, 0.25) is 5.91 Å². The van der Waals surface area contributed by atoms with Gasteiger partial charge in [0, 0.05) is 22.0 Å². The summed E-state index contributed by atoms with van der Waals surface area (Å²) in [6.07, 6.45) is 0. The second-order valence-corrected chi connectivity index (χ2v) is 8.88. The third kappa shape index (κ3) is 4.71. The highest BCUT2D eigenvalue weighted by atomic mass is 35.5. The van der Waals surface area contributed by atoms with Crippen LogP contribution in [0.15, 0.2) is 71.9 Å². The molecule has 0 aliphatic rings. The first-order valence-electron chi connectivity index (χ1n) is 10.2. The van der Waals surface area contributed by atoms with Crippen molar-refractivity contribution in [1.29, 1.82) is 0 Å². The molecule has 0 saturated heterocycles. The van der Waals surface area contributed by atoms with Gasteiger partial charge in [0.05, 0.1) is 5.75 Å². The first-order chi connectivity index (χ1) is 15.4. The SMILES string of the molecule is Cc1ccc(-c2nnc(SCC(=O)Nc3cccc(C)c3C)n2-c2ccccc2)cc1Cl. The van der Waals surface area contributed by atoms with Gasteiger partial charge >= 0.3 is 0 Å². The molecule has 0 aliphatic carbocycles. The lowest BCUT2D eigenvalue weighted by atomic mass is 10.1. The summed E-state index contributed by atoms with van der Waals surface area (Å²) < 4.78 is 1.96. The van der Waals surface area contributed by atoms with Crippen molar-refractivity contribution in [2.45, 2.75) is 25.9 Å². The normalized spacial score (nSPS) is 10.9. The molecule has 32 heavy (non-hydrogen) atoms. The van der Waals surface area contributed by atoms with Gasteiger partial charge in [-0.2, -0.15) is 0 Å². The number of para-hydroxylation sites is 1. The molecule has 0 saturated carbocycles. The number of nitrogens with one attached hydrogen (secondary N) is 1. The number of thioether (sulfide) groups is 1. The molecule has 3 aromatic carbocycles. The number of rotatable bonds is 6. The van der Waals surface area contributed by atoms with Gasteiger partial charge in [-0.15, -0.1) is 10.2 Å². The Morgan fingerprint density at radius 2 is 1.75 bits per heavy atom. The molecule has 0 radical (unpaired) electrons. The molecule has 0 spiro atoms. The molecule has 1 heterocycles. The third-order valence-corrected chi connectivity index (χ3v) is 6.63. The number of halogens is 1. The highest BCUT2D eigenvalue weighted by Gasteiger charge is 2.18. The second kappa shape index (κ2) is 9.59. The molecule has 4 aromatic rings. The van der Waals surface area contributed by atoms with Gasteiger partial charge in [-0.05, 0) is 61.7 Å². The number of aromatic nitrogens is 3. The summed E-state index contributed by atoms with van der Waals surface area (Å²) in [5.41, 5.74) is 5.82. The predicted octanol–water partition coefficient (Wildman–Crippen LogP) is 6.24. The van der Waals surface area contributed by atoms with E-state index in [4.69, 9.17) is 11.6 Å². The number of carbonyl (C=O) groups is 1. The Kier molecular flexibility index (Phi) is 6.63. The Morgan fingerprint density at radius 1 is 0.969 bits per heavy atom. The van der Waals surface area contributed by atoms with Crippen LogP contribution in [0.25, 0.3) is 17.1 Å². The van der Waals surface area contributed by atoms with Crippen LogP contribution >= 0.6 is 23.4 Å². The molecule has 1 N–H and O–H groups in total. The lowest BCUT2D eigenvalue weighted by Crippen LogP contribution is -2.15. The zero-order valence-electron chi connectivity index (χ0n) is 18.1. The van der Waals surface area contributed by atoms with Crippen molar-refractivity contribution >= 4 is 35.0 Å². The molecule has 0 bridgehead atoms. The number of amides is 1. The van der Waals surface area contributed by atoms with Gasteiger partial charge in [0.15, 0.2) is 11.0 Å². The van der Waals surface area contributed by atoms with Crippen molar-refractivity contribution in [3.8, 4) is 17.1 Å². The fraction of sp³-hybridized carbons (Fsp3) is 0.160. The number of aryl methyl sites for hydroxylation is 2. The van der Waals surface area contributed by atoms with Gasteiger partial charge in [0.25, 0.3) is 0 Å².